The van der Waals surface area contributed by atoms with Crippen LogP contribution in [-0.2, 0) is 5.75 Å². The highest BCUT2D eigenvalue weighted by molar-refractivity contribution is 7.98. The van der Waals surface area contributed by atoms with Crippen LogP contribution < -0.4 is 0 Å². The van der Waals surface area contributed by atoms with E-state index in [1.165, 1.54) is 11.8 Å². The number of rotatable bonds is 5. The van der Waals surface area contributed by atoms with E-state index < -0.39 is 0 Å². The second-order valence-electron chi connectivity index (χ2n) is 5.55. The summed E-state index contributed by atoms with van der Waals surface area (Å²) < 4.78 is 3.59. The first-order valence-corrected chi connectivity index (χ1v) is 8.55. The molecule has 0 amide bonds. The first kappa shape index (κ1) is 16.2. The number of thioether (sulfide) groups is 1. The molecule has 3 aromatic rings. The fourth-order valence-electron chi connectivity index (χ4n) is 2.37. The maximum Gasteiger partial charge on any atom is 0.209 e. The lowest BCUT2D eigenvalue weighted by Crippen LogP contribution is -2.06. The topological polar surface area (TPSA) is 85.2 Å². The molecule has 0 spiro atoms. The van der Waals surface area contributed by atoms with Crippen LogP contribution >= 0.6 is 11.8 Å². The van der Waals surface area contributed by atoms with Crippen molar-refractivity contribution in [1.29, 1.82) is 5.26 Å². The zero-order valence-electron chi connectivity index (χ0n) is 13.7. The van der Waals surface area contributed by atoms with Gasteiger partial charge in [-0.25, -0.2) is 9.36 Å². The van der Waals surface area contributed by atoms with Gasteiger partial charge >= 0.3 is 0 Å². The summed E-state index contributed by atoms with van der Waals surface area (Å²) in [6.45, 7) is 5.91. The molecule has 0 fully saturated rings. The van der Waals surface area contributed by atoms with Gasteiger partial charge in [0.2, 0.25) is 5.16 Å². The molecule has 8 heteroatoms. The Morgan fingerprint density at radius 1 is 1.25 bits per heavy atom. The molecule has 1 aromatic carbocycles. The normalized spacial score (nSPS) is 11.0. The molecule has 0 bridgehead atoms. The van der Waals surface area contributed by atoms with Crippen molar-refractivity contribution in [1.82, 2.24) is 30.0 Å². The van der Waals surface area contributed by atoms with Crippen molar-refractivity contribution in [2.75, 3.05) is 0 Å². The van der Waals surface area contributed by atoms with Gasteiger partial charge in [-0.2, -0.15) is 10.4 Å². The van der Waals surface area contributed by atoms with Crippen molar-refractivity contribution >= 4 is 11.8 Å². The van der Waals surface area contributed by atoms with Crippen molar-refractivity contribution in [3.05, 3.63) is 47.3 Å². The Balaban J connectivity index is 1.95. The molecule has 0 N–H and O–H groups in total. The van der Waals surface area contributed by atoms with Gasteiger partial charge < -0.3 is 0 Å². The Morgan fingerprint density at radius 3 is 2.67 bits per heavy atom. The molecule has 0 saturated carbocycles. The third kappa shape index (κ3) is 3.03. The van der Waals surface area contributed by atoms with Crippen LogP contribution in [0.5, 0.6) is 0 Å². The van der Waals surface area contributed by atoms with Crippen molar-refractivity contribution in [2.45, 2.75) is 37.7 Å². The standard InChI is InChI=1S/C16H17N7S/c1-11(2)22-16(18-20-21-22)24-10-15-14(9-17)12(3)19-23(15)13-7-5-4-6-8-13/h4-8,11H,10H2,1-3H3. The molecule has 0 aliphatic rings. The summed E-state index contributed by atoms with van der Waals surface area (Å²) in [7, 11) is 0. The summed E-state index contributed by atoms with van der Waals surface area (Å²) in [4.78, 5) is 0. The van der Waals surface area contributed by atoms with Crippen molar-refractivity contribution in [3.63, 3.8) is 0 Å². The number of benzene rings is 1. The third-order valence-corrected chi connectivity index (χ3v) is 4.50. The average molecular weight is 339 g/mol. The number of hydrogen-bond acceptors (Lipinski definition) is 6. The molecule has 7 nitrogen and oxygen atoms in total. The molecule has 0 aliphatic heterocycles. The molecule has 0 atom stereocenters. The minimum Gasteiger partial charge on any atom is -0.235 e. The Labute approximate surface area is 144 Å². The van der Waals surface area contributed by atoms with E-state index >= 15 is 0 Å². The van der Waals surface area contributed by atoms with E-state index in [1.807, 2.05) is 55.8 Å². The van der Waals surface area contributed by atoms with E-state index in [9.17, 15) is 5.26 Å². The minimum absolute atomic E-state index is 0.179. The highest BCUT2D eigenvalue weighted by atomic mass is 32.2. The highest BCUT2D eigenvalue weighted by Crippen LogP contribution is 2.26. The molecule has 2 aromatic heterocycles. The number of tetrazole rings is 1. The van der Waals surface area contributed by atoms with Gasteiger partial charge in [0.1, 0.15) is 6.07 Å². The third-order valence-electron chi connectivity index (χ3n) is 3.56. The van der Waals surface area contributed by atoms with Gasteiger partial charge in [-0.05, 0) is 43.3 Å². The lowest BCUT2D eigenvalue weighted by Gasteiger charge is -2.09. The van der Waals surface area contributed by atoms with Gasteiger partial charge in [0, 0.05) is 5.75 Å². The van der Waals surface area contributed by atoms with E-state index in [-0.39, 0.29) is 6.04 Å². The van der Waals surface area contributed by atoms with Crippen molar-refractivity contribution < 1.29 is 0 Å². The fraction of sp³-hybridized carbons (Fsp3) is 0.312. The quantitative estimate of drug-likeness (QED) is 0.664. The molecule has 122 valence electrons. The van der Waals surface area contributed by atoms with Crippen molar-refractivity contribution in [2.24, 2.45) is 0 Å². The van der Waals surface area contributed by atoms with Crippen LogP contribution in [0.3, 0.4) is 0 Å². The highest BCUT2D eigenvalue weighted by Gasteiger charge is 2.18. The molecule has 0 saturated heterocycles. The Kier molecular flexibility index (Phi) is 4.62. The van der Waals surface area contributed by atoms with E-state index in [1.54, 1.807) is 4.68 Å². The number of para-hydroxylation sites is 1. The van der Waals surface area contributed by atoms with Gasteiger partial charge in [0.05, 0.1) is 28.7 Å². The maximum absolute atomic E-state index is 9.50. The smallest absolute Gasteiger partial charge is 0.209 e. The van der Waals surface area contributed by atoms with Crippen LogP contribution in [0.1, 0.15) is 36.8 Å². The first-order chi connectivity index (χ1) is 11.6. The Hall–Kier alpha value is -2.66. The molecular weight excluding hydrogens is 322 g/mol. The fourth-order valence-corrected chi connectivity index (χ4v) is 3.38. The lowest BCUT2D eigenvalue weighted by molar-refractivity contribution is 0.477. The summed E-state index contributed by atoms with van der Waals surface area (Å²) in [6.07, 6.45) is 0. The number of hydrogen-bond donors (Lipinski definition) is 0. The van der Waals surface area contributed by atoms with E-state index in [2.05, 4.69) is 26.7 Å². The summed E-state index contributed by atoms with van der Waals surface area (Å²) in [5.74, 6) is 0.561. The minimum atomic E-state index is 0.179. The van der Waals surface area contributed by atoms with Gasteiger partial charge in [0.25, 0.3) is 0 Å². The number of nitrogens with zero attached hydrogens (tertiary/aromatic N) is 7. The SMILES string of the molecule is Cc1nn(-c2ccccc2)c(CSc2nnnn2C(C)C)c1C#N. The van der Waals surface area contributed by atoms with E-state index in [4.69, 9.17) is 0 Å². The zero-order valence-corrected chi connectivity index (χ0v) is 14.5. The summed E-state index contributed by atoms with van der Waals surface area (Å²) >= 11 is 1.50. The van der Waals surface area contributed by atoms with Crippen LogP contribution in [0.25, 0.3) is 5.69 Å². The van der Waals surface area contributed by atoms with Gasteiger partial charge in [-0.3, -0.25) is 0 Å². The summed E-state index contributed by atoms with van der Waals surface area (Å²) in [5.41, 5.74) is 3.11. The molecular formula is C16H17N7S. The van der Waals surface area contributed by atoms with E-state index in [0.29, 0.717) is 11.3 Å². The molecule has 0 aliphatic carbocycles. The largest absolute Gasteiger partial charge is 0.235 e. The van der Waals surface area contributed by atoms with Crippen LogP contribution in [-0.4, -0.2) is 30.0 Å². The summed E-state index contributed by atoms with van der Waals surface area (Å²) in [6, 6.07) is 12.3. The van der Waals surface area contributed by atoms with Crippen molar-refractivity contribution in [3.8, 4) is 11.8 Å². The average Bonchev–Trinajstić information content (AvgIpc) is 3.17. The van der Waals surface area contributed by atoms with Crippen LogP contribution in [0, 0.1) is 18.3 Å². The molecule has 3 rings (SSSR count). The second kappa shape index (κ2) is 6.84. The number of aryl methyl sites for hydroxylation is 1. The Morgan fingerprint density at radius 2 is 2.00 bits per heavy atom. The lowest BCUT2D eigenvalue weighted by atomic mass is 10.2. The van der Waals surface area contributed by atoms with Gasteiger partial charge in [-0.1, -0.05) is 30.0 Å². The van der Waals surface area contributed by atoms with Gasteiger partial charge in [0.15, 0.2) is 0 Å². The number of nitriles is 1. The Bertz CT molecular complexity index is 874. The molecule has 24 heavy (non-hydrogen) atoms. The van der Waals surface area contributed by atoms with Crippen LogP contribution in [0.4, 0.5) is 0 Å². The molecule has 2 heterocycles. The molecule has 0 radical (unpaired) electrons. The van der Waals surface area contributed by atoms with Crippen LogP contribution in [0.15, 0.2) is 35.5 Å². The van der Waals surface area contributed by atoms with E-state index in [0.717, 1.165) is 22.2 Å². The predicted molar refractivity (Wildman–Crippen MR) is 90.8 cm³/mol. The number of aromatic nitrogens is 6. The maximum atomic E-state index is 9.50. The summed E-state index contributed by atoms with van der Waals surface area (Å²) in [5, 5.41) is 26.6. The van der Waals surface area contributed by atoms with Gasteiger partial charge in [-0.15, -0.1) is 5.10 Å². The van der Waals surface area contributed by atoms with Crippen LogP contribution in [0.2, 0.25) is 0 Å². The second-order valence-corrected chi connectivity index (χ2v) is 6.50. The predicted octanol–water partition coefficient (Wildman–Crippen LogP) is 2.91. The monoisotopic (exact) mass is 339 g/mol. The zero-order chi connectivity index (χ0) is 17.1. The first-order valence-electron chi connectivity index (χ1n) is 7.56. The molecule has 0 unspecified atom stereocenters.